The maximum Gasteiger partial charge on any atom is 0.309 e. The van der Waals surface area contributed by atoms with Gasteiger partial charge in [0.05, 0.1) is 12.0 Å². The Labute approximate surface area is 192 Å². The number of carbonyl (C=O) groups excluding carboxylic acids is 1. The highest BCUT2D eigenvalue weighted by atomic mass is 19.1. The van der Waals surface area contributed by atoms with Gasteiger partial charge in [-0.3, -0.25) is 4.79 Å². The smallest absolute Gasteiger partial charge is 0.309 e. The van der Waals surface area contributed by atoms with Gasteiger partial charge >= 0.3 is 5.97 Å². The van der Waals surface area contributed by atoms with Gasteiger partial charge in [0.2, 0.25) is 0 Å². The Morgan fingerprint density at radius 3 is 2.03 bits per heavy atom. The first-order chi connectivity index (χ1) is 15.5. The Kier molecular flexibility index (Phi) is 8.11. The van der Waals surface area contributed by atoms with Gasteiger partial charge in [0.1, 0.15) is 24.4 Å². The topological polar surface area (TPSA) is 50.1 Å². The molecule has 4 saturated carbocycles. The number of hydrogen-bond donors (Lipinski definition) is 0. The molecule has 6 unspecified atom stereocenters. The van der Waals surface area contributed by atoms with Crippen LogP contribution in [0.1, 0.15) is 96.8 Å². The van der Waals surface area contributed by atoms with E-state index in [-0.39, 0.29) is 24.7 Å². The molecule has 0 saturated heterocycles. The third-order valence-corrected chi connectivity index (χ3v) is 9.42. The number of carbonyl (C=O) groups is 1. The van der Waals surface area contributed by atoms with Crippen molar-refractivity contribution in [3.8, 4) is 6.07 Å². The summed E-state index contributed by atoms with van der Waals surface area (Å²) < 4.78 is 33.6. The predicted octanol–water partition coefficient (Wildman–Crippen LogP) is 6.95. The number of nitrogens with zero attached hydrogens (tertiary/aromatic N) is 1. The summed E-state index contributed by atoms with van der Waals surface area (Å²) in [6, 6.07) is 1.71. The second kappa shape index (κ2) is 10.8. The summed E-state index contributed by atoms with van der Waals surface area (Å²) in [5.74, 6) is 2.76. The van der Waals surface area contributed by atoms with E-state index in [1.54, 1.807) is 6.07 Å². The molecule has 0 aromatic heterocycles. The minimum absolute atomic E-state index is 0.0521. The first-order valence-electron chi connectivity index (χ1n) is 13.4. The molecule has 0 aromatic carbocycles. The monoisotopic (exact) mass is 449 g/mol. The van der Waals surface area contributed by atoms with Crippen LogP contribution in [0.3, 0.4) is 0 Å². The lowest BCUT2D eigenvalue weighted by atomic mass is 9.60. The number of esters is 1. The summed E-state index contributed by atoms with van der Waals surface area (Å²) in [6.45, 7) is 2.31. The highest BCUT2D eigenvalue weighted by Gasteiger charge is 2.42. The van der Waals surface area contributed by atoms with Gasteiger partial charge in [-0.1, -0.05) is 26.2 Å². The van der Waals surface area contributed by atoms with Crippen LogP contribution in [-0.4, -0.2) is 24.4 Å². The summed E-state index contributed by atoms with van der Waals surface area (Å²) in [6.07, 6.45) is 11.1. The van der Waals surface area contributed by atoms with E-state index in [0.717, 1.165) is 55.3 Å². The molecule has 32 heavy (non-hydrogen) atoms. The third kappa shape index (κ3) is 5.48. The molecule has 0 N–H and O–H groups in total. The van der Waals surface area contributed by atoms with Gasteiger partial charge in [0, 0.05) is 12.8 Å². The van der Waals surface area contributed by atoms with Crippen molar-refractivity contribution in [2.75, 3.05) is 0 Å². The second-order valence-electron chi connectivity index (χ2n) is 11.4. The van der Waals surface area contributed by atoms with Gasteiger partial charge < -0.3 is 4.74 Å². The van der Waals surface area contributed by atoms with Gasteiger partial charge in [-0.15, -0.1) is 0 Å². The van der Waals surface area contributed by atoms with E-state index < -0.39 is 24.4 Å². The number of ether oxygens (including phenoxy) is 1. The molecule has 0 spiro atoms. The summed E-state index contributed by atoms with van der Waals surface area (Å²) in [7, 11) is 0. The van der Waals surface area contributed by atoms with Crippen molar-refractivity contribution in [3.05, 3.63) is 0 Å². The van der Waals surface area contributed by atoms with E-state index in [9.17, 15) is 13.6 Å². The average Bonchev–Trinajstić information content (AvgIpc) is 2.79. The van der Waals surface area contributed by atoms with Crippen molar-refractivity contribution in [2.24, 2.45) is 41.4 Å². The Hall–Kier alpha value is -1.18. The zero-order chi connectivity index (χ0) is 22.7. The lowest BCUT2D eigenvalue weighted by molar-refractivity contribution is -0.160. The predicted molar refractivity (Wildman–Crippen MR) is 120 cm³/mol. The molecule has 0 radical (unpaired) electrons. The zero-order valence-electron chi connectivity index (χ0n) is 19.7. The fourth-order valence-electron chi connectivity index (χ4n) is 7.58. The maximum atomic E-state index is 14.0. The molecule has 4 rings (SSSR count). The maximum absolute atomic E-state index is 14.0. The Morgan fingerprint density at radius 1 is 0.844 bits per heavy atom. The van der Waals surface area contributed by atoms with Crippen molar-refractivity contribution < 1.29 is 18.3 Å². The average molecular weight is 450 g/mol. The molecule has 0 aliphatic heterocycles. The molecular formula is C27H41F2NO2. The largest absolute Gasteiger partial charge is 0.462 e. The normalized spacial score (nSPS) is 44.8. The third-order valence-electron chi connectivity index (χ3n) is 9.42. The van der Waals surface area contributed by atoms with Gasteiger partial charge in [-0.05, 0) is 87.4 Å². The molecule has 0 amide bonds. The molecule has 0 heterocycles. The molecule has 3 nitrogen and oxygen atoms in total. The first kappa shape index (κ1) is 24.0. The van der Waals surface area contributed by atoms with Crippen molar-refractivity contribution in [1.82, 2.24) is 0 Å². The van der Waals surface area contributed by atoms with Crippen molar-refractivity contribution in [1.29, 1.82) is 5.26 Å². The van der Waals surface area contributed by atoms with E-state index in [4.69, 9.17) is 10.00 Å². The standard InChI is InChI=1S/C27H41F2NO2/c1-2-3-17-4-5-22-13-21(11-10-20(22)12-17)18-6-8-19(9-7-18)27(31)32-23-14-25(28)24(16-30)26(29)15-23/h17-26H,2-15H2,1H3. The molecule has 180 valence electrons. The minimum atomic E-state index is -1.55. The van der Waals surface area contributed by atoms with E-state index in [1.807, 2.05) is 0 Å². The van der Waals surface area contributed by atoms with Crippen molar-refractivity contribution in [2.45, 2.75) is 115 Å². The number of rotatable bonds is 5. The van der Waals surface area contributed by atoms with Gasteiger partial charge in [0.15, 0.2) is 0 Å². The fraction of sp³-hybridized carbons (Fsp3) is 0.926. The number of alkyl halides is 2. The summed E-state index contributed by atoms with van der Waals surface area (Å²) in [5.41, 5.74) is 0. The highest BCUT2D eigenvalue weighted by molar-refractivity contribution is 5.72. The molecule has 6 atom stereocenters. The van der Waals surface area contributed by atoms with Crippen LogP contribution in [0.2, 0.25) is 0 Å². The molecule has 4 fully saturated rings. The number of fused-ring (bicyclic) bond motifs is 1. The molecular weight excluding hydrogens is 408 g/mol. The van der Waals surface area contributed by atoms with Gasteiger partial charge in [-0.25, -0.2) is 8.78 Å². The SMILES string of the molecule is CCCC1CCC2CC(C3CCC(C(=O)OC4CC(F)C(C#N)C(F)C4)CC3)CCC2C1. The van der Waals surface area contributed by atoms with Crippen LogP contribution in [0.4, 0.5) is 8.78 Å². The van der Waals surface area contributed by atoms with Crippen molar-refractivity contribution in [3.63, 3.8) is 0 Å². The van der Waals surface area contributed by atoms with E-state index >= 15 is 0 Å². The van der Waals surface area contributed by atoms with Crippen LogP contribution in [0.5, 0.6) is 0 Å². The van der Waals surface area contributed by atoms with Gasteiger partial charge in [0.25, 0.3) is 0 Å². The Balaban J connectivity index is 1.20. The van der Waals surface area contributed by atoms with E-state index in [1.165, 1.54) is 51.4 Å². The molecule has 0 bridgehead atoms. The first-order valence-corrected chi connectivity index (χ1v) is 13.4. The lowest BCUT2D eigenvalue weighted by Gasteiger charge is -2.45. The van der Waals surface area contributed by atoms with Crippen LogP contribution in [0.15, 0.2) is 0 Å². The lowest BCUT2D eigenvalue weighted by Crippen LogP contribution is -2.40. The molecule has 4 aliphatic rings. The van der Waals surface area contributed by atoms with Crippen LogP contribution in [-0.2, 0) is 9.53 Å². The number of nitriles is 1. The van der Waals surface area contributed by atoms with Crippen LogP contribution in [0, 0.1) is 52.8 Å². The Bertz CT molecular complexity index is 659. The highest BCUT2D eigenvalue weighted by Crippen LogP contribution is 2.49. The van der Waals surface area contributed by atoms with Crippen LogP contribution >= 0.6 is 0 Å². The number of hydrogen-bond acceptors (Lipinski definition) is 3. The number of halogens is 2. The zero-order valence-corrected chi connectivity index (χ0v) is 19.7. The quantitative estimate of drug-likeness (QED) is 0.427. The summed E-state index contributed by atoms with van der Waals surface area (Å²) in [4.78, 5) is 12.7. The van der Waals surface area contributed by atoms with E-state index in [2.05, 4.69) is 6.92 Å². The Morgan fingerprint density at radius 2 is 1.41 bits per heavy atom. The molecule has 5 heteroatoms. The summed E-state index contributed by atoms with van der Waals surface area (Å²) in [5, 5.41) is 8.90. The second-order valence-corrected chi connectivity index (χ2v) is 11.4. The van der Waals surface area contributed by atoms with Crippen LogP contribution < -0.4 is 0 Å². The van der Waals surface area contributed by atoms with Gasteiger partial charge in [-0.2, -0.15) is 5.26 Å². The molecule has 0 aromatic rings. The van der Waals surface area contributed by atoms with E-state index in [0.29, 0.717) is 0 Å². The summed E-state index contributed by atoms with van der Waals surface area (Å²) >= 11 is 0. The van der Waals surface area contributed by atoms with Crippen molar-refractivity contribution >= 4 is 5.97 Å². The van der Waals surface area contributed by atoms with Crippen LogP contribution in [0.25, 0.3) is 0 Å². The minimum Gasteiger partial charge on any atom is -0.462 e. The fourth-order valence-corrected chi connectivity index (χ4v) is 7.58. The molecule has 4 aliphatic carbocycles.